The third-order valence-corrected chi connectivity index (χ3v) is 5.82. The standard InChI is InChI=1S/C22H21N3O3S/c1-28-11-9-19-24-21-20(22(27)25(19)10-8-18(23)26)17(13-29-21)16-7-6-14-4-2-3-5-15(14)12-16/h2-7,12-13H,8-11H2,1H3,(H2,23,26). The molecule has 2 aromatic heterocycles. The monoisotopic (exact) mass is 407 g/mol. The molecular weight excluding hydrogens is 386 g/mol. The van der Waals surface area contributed by atoms with Crippen LogP contribution in [0.1, 0.15) is 12.2 Å². The average Bonchev–Trinajstić information content (AvgIpc) is 3.15. The number of nitrogens with two attached hydrogens (primary N) is 1. The molecule has 4 aromatic rings. The molecule has 0 saturated heterocycles. The summed E-state index contributed by atoms with van der Waals surface area (Å²) >= 11 is 1.45. The molecule has 29 heavy (non-hydrogen) atoms. The van der Waals surface area contributed by atoms with E-state index in [2.05, 4.69) is 24.3 Å². The molecule has 0 aliphatic heterocycles. The summed E-state index contributed by atoms with van der Waals surface area (Å²) in [6.45, 7) is 0.653. The number of ether oxygens (including phenoxy) is 1. The van der Waals surface area contributed by atoms with Crippen molar-refractivity contribution in [2.45, 2.75) is 19.4 Å². The van der Waals surface area contributed by atoms with Crippen LogP contribution in [0.25, 0.3) is 32.1 Å². The predicted molar refractivity (Wildman–Crippen MR) is 116 cm³/mol. The first-order chi connectivity index (χ1) is 14.1. The molecular formula is C22H21N3O3S. The van der Waals surface area contributed by atoms with Crippen LogP contribution in [0.4, 0.5) is 0 Å². The van der Waals surface area contributed by atoms with Crippen LogP contribution in [0.3, 0.4) is 0 Å². The van der Waals surface area contributed by atoms with E-state index in [1.807, 2.05) is 23.6 Å². The van der Waals surface area contributed by atoms with Gasteiger partial charge in [-0.1, -0.05) is 36.4 Å². The number of hydrogen-bond acceptors (Lipinski definition) is 5. The maximum Gasteiger partial charge on any atom is 0.262 e. The van der Waals surface area contributed by atoms with Gasteiger partial charge < -0.3 is 10.5 Å². The first-order valence-corrected chi connectivity index (χ1v) is 10.2. The minimum atomic E-state index is -0.449. The molecule has 4 rings (SSSR count). The molecule has 0 radical (unpaired) electrons. The minimum absolute atomic E-state index is 0.0858. The van der Waals surface area contributed by atoms with Gasteiger partial charge in [0.1, 0.15) is 10.7 Å². The number of rotatable bonds is 7. The highest BCUT2D eigenvalue weighted by atomic mass is 32.1. The maximum atomic E-state index is 13.4. The van der Waals surface area contributed by atoms with E-state index in [4.69, 9.17) is 15.5 Å². The summed E-state index contributed by atoms with van der Waals surface area (Å²) in [4.78, 5) is 30.1. The number of hydrogen-bond donors (Lipinski definition) is 1. The van der Waals surface area contributed by atoms with Gasteiger partial charge in [-0.2, -0.15) is 0 Å². The zero-order valence-electron chi connectivity index (χ0n) is 16.1. The molecule has 148 valence electrons. The molecule has 0 unspecified atom stereocenters. The van der Waals surface area contributed by atoms with E-state index in [9.17, 15) is 9.59 Å². The fourth-order valence-corrected chi connectivity index (χ4v) is 4.43. The topological polar surface area (TPSA) is 87.2 Å². The van der Waals surface area contributed by atoms with E-state index in [1.165, 1.54) is 11.3 Å². The lowest BCUT2D eigenvalue weighted by atomic mass is 10.0. The molecule has 0 fully saturated rings. The number of amides is 1. The van der Waals surface area contributed by atoms with Crippen LogP contribution in [0.2, 0.25) is 0 Å². The van der Waals surface area contributed by atoms with Crippen LogP contribution in [0.5, 0.6) is 0 Å². The van der Waals surface area contributed by atoms with E-state index < -0.39 is 5.91 Å². The first-order valence-electron chi connectivity index (χ1n) is 9.36. The van der Waals surface area contributed by atoms with Gasteiger partial charge in [0.05, 0.1) is 12.0 Å². The highest BCUT2D eigenvalue weighted by Crippen LogP contribution is 2.33. The van der Waals surface area contributed by atoms with E-state index in [0.29, 0.717) is 29.1 Å². The van der Waals surface area contributed by atoms with Crippen molar-refractivity contribution in [1.82, 2.24) is 9.55 Å². The van der Waals surface area contributed by atoms with E-state index in [1.54, 1.807) is 11.7 Å². The van der Waals surface area contributed by atoms with Crippen LogP contribution in [0.15, 0.2) is 52.6 Å². The van der Waals surface area contributed by atoms with Crippen molar-refractivity contribution in [2.75, 3.05) is 13.7 Å². The number of fused-ring (bicyclic) bond motifs is 2. The van der Waals surface area contributed by atoms with Gasteiger partial charge in [0.15, 0.2) is 0 Å². The molecule has 6 nitrogen and oxygen atoms in total. The number of benzene rings is 2. The lowest BCUT2D eigenvalue weighted by Gasteiger charge is -2.12. The molecule has 0 aliphatic carbocycles. The summed E-state index contributed by atoms with van der Waals surface area (Å²) in [6, 6.07) is 14.3. The lowest BCUT2D eigenvalue weighted by Crippen LogP contribution is -2.28. The van der Waals surface area contributed by atoms with Crippen LogP contribution in [-0.2, 0) is 22.5 Å². The van der Waals surface area contributed by atoms with Crippen molar-refractivity contribution in [1.29, 1.82) is 0 Å². The van der Waals surface area contributed by atoms with Crippen molar-refractivity contribution < 1.29 is 9.53 Å². The quantitative estimate of drug-likeness (QED) is 0.509. The van der Waals surface area contributed by atoms with Crippen LogP contribution in [-0.4, -0.2) is 29.2 Å². The Morgan fingerprint density at radius 2 is 2.00 bits per heavy atom. The smallest absolute Gasteiger partial charge is 0.262 e. The molecule has 0 aliphatic rings. The van der Waals surface area contributed by atoms with Gasteiger partial charge in [-0.3, -0.25) is 14.2 Å². The Kier molecular flexibility index (Phi) is 5.42. The molecule has 2 N–H and O–H groups in total. The largest absolute Gasteiger partial charge is 0.384 e. The summed E-state index contributed by atoms with van der Waals surface area (Å²) in [5.41, 5.74) is 7.00. The van der Waals surface area contributed by atoms with Crippen molar-refractivity contribution in [3.05, 3.63) is 64.0 Å². The van der Waals surface area contributed by atoms with E-state index in [0.717, 1.165) is 21.9 Å². The molecule has 0 saturated carbocycles. The fourth-order valence-electron chi connectivity index (χ4n) is 3.47. The Morgan fingerprint density at radius 1 is 1.21 bits per heavy atom. The van der Waals surface area contributed by atoms with Crippen molar-refractivity contribution in [3.8, 4) is 11.1 Å². The van der Waals surface area contributed by atoms with Gasteiger partial charge in [0, 0.05) is 37.4 Å². The third-order valence-electron chi connectivity index (χ3n) is 4.94. The lowest BCUT2D eigenvalue weighted by molar-refractivity contribution is -0.118. The minimum Gasteiger partial charge on any atom is -0.384 e. The average molecular weight is 407 g/mol. The van der Waals surface area contributed by atoms with Crippen LogP contribution >= 0.6 is 11.3 Å². The number of carbonyl (C=O) groups excluding carboxylic acids is 1. The van der Waals surface area contributed by atoms with Crippen molar-refractivity contribution >= 4 is 38.2 Å². The molecule has 0 bridgehead atoms. The highest BCUT2D eigenvalue weighted by Gasteiger charge is 2.17. The van der Waals surface area contributed by atoms with E-state index >= 15 is 0 Å². The number of thiophene rings is 1. The predicted octanol–water partition coefficient (Wildman–Crippen LogP) is 3.34. The molecule has 7 heteroatoms. The van der Waals surface area contributed by atoms with Gasteiger partial charge in [-0.15, -0.1) is 11.3 Å². The number of carbonyl (C=O) groups is 1. The van der Waals surface area contributed by atoms with Gasteiger partial charge in [0.2, 0.25) is 5.91 Å². The van der Waals surface area contributed by atoms with Crippen molar-refractivity contribution in [2.24, 2.45) is 5.73 Å². The number of primary amides is 1. The normalized spacial score (nSPS) is 11.3. The Labute approximate surface area is 171 Å². The maximum absolute atomic E-state index is 13.4. The molecule has 0 spiro atoms. The number of aromatic nitrogens is 2. The van der Waals surface area contributed by atoms with Gasteiger partial charge >= 0.3 is 0 Å². The molecule has 2 aromatic carbocycles. The summed E-state index contributed by atoms with van der Waals surface area (Å²) in [5, 5.41) is 4.82. The second-order valence-electron chi connectivity index (χ2n) is 6.84. The van der Waals surface area contributed by atoms with Crippen LogP contribution in [0, 0.1) is 0 Å². The summed E-state index contributed by atoms with van der Waals surface area (Å²) in [6.07, 6.45) is 0.576. The second-order valence-corrected chi connectivity index (χ2v) is 7.69. The summed E-state index contributed by atoms with van der Waals surface area (Å²) < 4.78 is 6.71. The Morgan fingerprint density at radius 3 is 2.76 bits per heavy atom. The second kappa shape index (κ2) is 8.14. The molecule has 0 atom stereocenters. The fraction of sp³-hybridized carbons (Fsp3) is 0.227. The van der Waals surface area contributed by atoms with Gasteiger partial charge in [0.25, 0.3) is 5.56 Å². The number of nitrogens with zero attached hydrogens (tertiary/aromatic N) is 2. The SMILES string of the molecule is COCCc1nc2scc(-c3ccc4ccccc4c3)c2c(=O)n1CCC(N)=O. The van der Waals surface area contributed by atoms with E-state index in [-0.39, 0.29) is 18.5 Å². The van der Waals surface area contributed by atoms with Gasteiger partial charge in [-0.05, 0) is 22.4 Å². The zero-order valence-corrected chi connectivity index (χ0v) is 16.9. The van der Waals surface area contributed by atoms with Crippen LogP contribution < -0.4 is 11.3 Å². The summed E-state index contributed by atoms with van der Waals surface area (Å²) in [5.74, 6) is 0.160. The zero-order chi connectivity index (χ0) is 20.4. The Bertz CT molecular complexity index is 1260. The summed E-state index contributed by atoms with van der Waals surface area (Å²) in [7, 11) is 1.60. The molecule has 1 amide bonds. The van der Waals surface area contributed by atoms with Crippen molar-refractivity contribution in [3.63, 3.8) is 0 Å². The first kappa shape index (κ1) is 19.3. The molecule has 2 heterocycles. The van der Waals surface area contributed by atoms with Gasteiger partial charge in [-0.25, -0.2) is 4.98 Å². The highest BCUT2D eigenvalue weighted by molar-refractivity contribution is 7.17. The third kappa shape index (κ3) is 3.79. The number of methoxy groups -OCH3 is 1. The Balaban J connectivity index is 1.88. The Hall–Kier alpha value is -3.03.